The summed E-state index contributed by atoms with van der Waals surface area (Å²) in [7, 11) is 2.12. The van der Waals surface area contributed by atoms with E-state index in [2.05, 4.69) is 66.2 Å². The van der Waals surface area contributed by atoms with Crippen molar-refractivity contribution in [2.75, 3.05) is 6.54 Å². The molecule has 1 aromatic heterocycles. The number of carbonyl (C=O) groups excluding carboxylic acids is 1. The van der Waals surface area contributed by atoms with Crippen molar-refractivity contribution in [3.05, 3.63) is 130 Å². The topological polar surface area (TPSA) is 25.2 Å². The van der Waals surface area contributed by atoms with Gasteiger partial charge in [-0.25, -0.2) is 0 Å². The van der Waals surface area contributed by atoms with Gasteiger partial charge in [0.1, 0.15) is 0 Å². The third-order valence-electron chi connectivity index (χ3n) is 7.08. The van der Waals surface area contributed by atoms with Crippen LogP contribution in [0.15, 0.2) is 103 Å². The third kappa shape index (κ3) is 3.64. The van der Waals surface area contributed by atoms with E-state index in [1.807, 2.05) is 53.4 Å². The normalized spacial score (nSPS) is 15.1. The maximum atomic E-state index is 13.7. The summed E-state index contributed by atoms with van der Waals surface area (Å²) in [5.74, 6) is 0.0894. The molecule has 0 radical (unpaired) electrons. The van der Waals surface area contributed by atoms with Gasteiger partial charge in [-0.15, -0.1) is 0 Å². The molecule has 0 bridgehead atoms. The molecule has 1 atom stereocenters. The summed E-state index contributed by atoms with van der Waals surface area (Å²) in [5.41, 5.74) is 7.67. The Labute approximate surface area is 210 Å². The molecule has 0 saturated carbocycles. The molecule has 1 amide bonds. The van der Waals surface area contributed by atoms with E-state index < -0.39 is 0 Å². The molecule has 0 aliphatic carbocycles. The Balaban J connectivity index is 1.54. The highest BCUT2D eigenvalue weighted by molar-refractivity contribution is 6.30. The fourth-order valence-electron chi connectivity index (χ4n) is 5.46. The number of nitrogens with zero attached hydrogens (tertiary/aromatic N) is 2. The Hall–Kier alpha value is -3.82. The molecule has 2 heterocycles. The Kier molecular flexibility index (Phi) is 5.43. The first-order chi connectivity index (χ1) is 17.1. The minimum Gasteiger partial charge on any atom is -0.343 e. The van der Waals surface area contributed by atoms with E-state index in [-0.39, 0.29) is 11.9 Å². The van der Waals surface area contributed by atoms with Gasteiger partial charge in [0.25, 0.3) is 5.91 Å². The summed E-state index contributed by atoms with van der Waals surface area (Å²) < 4.78 is 2.27. The summed E-state index contributed by atoms with van der Waals surface area (Å²) >= 11 is 6.09. The van der Waals surface area contributed by atoms with Gasteiger partial charge < -0.3 is 9.47 Å². The molecular formula is C31H25ClN2O. The summed E-state index contributed by atoms with van der Waals surface area (Å²) in [6.45, 7) is 0.622. The van der Waals surface area contributed by atoms with Crippen molar-refractivity contribution in [3.8, 4) is 11.3 Å². The molecular weight excluding hydrogens is 452 g/mol. The van der Waals surface area contributed by atoms with Crippen LogP contribution in [0.2, 0.25) is 5.02 Å². The summed E-state index contributed by atoms with van der Waals surface area (Å²) in [6, 6.07) is 34.8. The predicted octanol–water partition coefficient (Wildman–Crippen LogP) is 7.29. The van der Waals surface area contributed by atoms with Crippen LogP contribution in [0.5, 0.6) is 0 Å². The maximum absolute atomic E-state index is 13.7. The Morgan fingerprint density at radius 1 is 0.800 bits per heavy atom. The Morgan fingerprint density at radius 3 is 2.29 bits per heavy atom. The van der Waals surface area contributed by atoms with E-state index in [4.69, 9.17) is 11.6 Å². The van der Waals surface area contributed by atoms with E-state index in [1.54, 1.807) is 0 Å². The molecule has 0 saturated heterocycles. The van der Waals surface area contributed by atoms with Crippen LogP contribution in [0, 0.1) is 0 Å². The van der Waals surface area contributed by atoms with Crippen LogP contribution in [0.4, 0.5) is 0 Å². The van der Waals surface area contributed by atoms with Crippen molar-refractivity contribution in [1.82, 2.24) is 9.47 Å². The highest BCUT2D eigenvalue weighted by Crippen LogP contribution is 2.46. The minimum absolute atomic E-state index is 0.0894. The molecule has 5 aromatic rings. The van der Waals surface area contributed by atoms with E-state index in [0.717, 1.165) is 44.9 Å². The second-order valence-corrected chi connectivity index (χ2v) is 9.51. The van der Waals surface area contributed by atoms with E-state index in [0.29, 0.717) is 6.54 Å². The number of para-hydroxylation sites is 1. The summed E-state index contributed by atoms with van der Waals surface area (Å²) in [4.78, 5) is 15.8. The van der Waals surface area contributed by atoms with Crippen molar-refractivity contribution in [2.24, 2.45) is 7.05 Å². The molecule has 35 heavy (non-hydrogen) atoms. The van der Waals surface area contributed by atoms with Crippen LogP contribution in [0.25, 0.3) is 22.2 Å². The molecule has 1 aliphatic heterocycles. The second-order valence-electron chi connectivity index (χ2n) is 9.07. The number of aryl methyl sites for hydroxylation is 1. The van der Waals surface area contributed by atoms with Gasteiger partial charge >= 0.3 is 0 Å². The lowest BCUT2D eigenvalue weighted by Gasteiger charge is -2.27. The number of benzene rings is 4. The smallest absolute Gasteiger partial charge is 0.255 e. The van der Waals surface area contributed by atoms with E-state index in [1.165, 1.54) is 10.9 Å². The standard InChI is InChI=1S/C31H25ClN2O/c1-33-27-14-8-7-13-26(27)28(29(33)22-9-3-2-4-10-22)30-24-11-5-6-12-25(24)31(35)34(30)20-19-21-15-17-23(32)18-16-21/h2-18,30H,19-20H2,1H3. The van der Waals surface area contributed by atoms with Gasteiger partial charge in [0.15, 0.2) is 0 Å². The van der Waals surface area contributed by atoms with Crippen molar-refractivity contribution in [1.29, 1.82) is 0 Å². The molecule has 0 N–H and O–H groups in total. The molecule has 4 heteroatoms. The second kappa shape index (κ2) is 8.75. The quantitative estimate of drug-likeness (QED) is 0.261. The number of carbonyl (C=O) groups is 1. The van der Waals surface area contributed by atoms with Gasteiger partial charge in [-0.1, -0.05) is 90.5 Å². The highest BCUT2D eigenvalue weighted by atomic mass is 35.5. The largest absolute Gasteiger partial charge is 0.343 e. The average Bonchev–Trinajstić information content (AvgIpc) is 3.35. The van der Waals surface area contributed by atoms with Crippen LogP contribution in [0.3, 0.4) is 0 Å². The molecule has 1 unspecified atom stereocenters. The summed E-state index contributed by atoms with van der Waals surface area (Å²) in [6.07, 6.45) is 0.763. The molecule has 0 spiro atoms. The SMILES string of the molecule is Cn1c(-c2ccccc2)c(C2c3ccccc3C(=O)N2CCc2ccc(Cl)cc2)c2ccccc21. The van der Waals surface area contributed by atoms with Gasteiger partial charge in [-0.05, 0) is 47.4 Å². The molecule has 172 valence electrons. The van der Waals surface area contributed by atoms with Gasteiger partial charge in [0, 0.05) is 40.6 Å². The van der Waals surface area contributed by atoms with Crippen molar-refractivity contribution < 1.29 is 4.79 Å². The number of hydrogen-bond donors (Lipinski definition) is 0. The molecule has 1 aliphatic rings. The van der Waals surface area contributed by atoms with Gasteiger partial charge in [0.2, 0.25) is 0 Å². The first-order valence-corrected chi connectivity index (χ1v) is 12.3. The zero-order valence-electron chi connectivity index (χ0n) is 19.5. The Morgan fingerprint density at radius 2 is 1.49 bits per heavy atom. The number of aromatic nitrogens is 1. The third-order valence-corrected chi connectivity index (χ3v) is 7.33. The first kappa shape index (κ1) is 21.7. The summed E-state index contributed by atoms with van der Waals surface area (Å²) in [5, 5.41) is 1.90. The van der Waals surface area contributed by atoms with Gasteiger partial charge in [-0.2, -0.15) is 0 Å². The van der Waals surface area contributed by atoms with Crippen LogP contribution in [-0.2, 0) is 13.5 Å². The maximum Gasteiger partial charge on any atom is 0.255 e. The zero-order valence-corrected chi connectivity index (χ0v) is 20.2. The highest BCUT2D eigenvalue weighted by Gasteiger charge is 2.40. The lowest BCUT2D eigenvalue weighted by Crippen LogP contribution is -2.31. The van der Waals surface area contributed by atoms with E-state index >= 15 is 0 Å². The zero-order chi connectivity index (χ0) is 23.9. The van der Waals surface area contributed by atoms with Crippen LogP contribution >= 0.6 is 11.6 Å². The lowest BCUT2D eigenvalue weighted by molar-refractivity contribution is 0.0753. The fourth-order valence-corrected chi connectivity index (χ4v) is 5.58. The van der Waals surface area contributed by atoms with Crippen LogP contribution < -0.4 is 0 Å². The average molecular weight is 477 g/mol. The molecule has 3 nitrogen and oxygen atoms in total. The van der Waals surface area contributed by atoms with Crippen molar-refractivity contribution in [3.63, 3.8) is 0 Å². The monoisotopic (exact) mass is 476 g/mol. The number of hydrogen-bond acceptors (Lipinski definition) is 1. The number of amides is 1. The predicted molar refractivity (Wildman–Crippen MR) is 143 cm³/mol. The Bertz CT molecular complexity index is 1540. The van der Waals surface area contributed by atoms with E-state index in [9.17, 15) is 4.79 Å². The van der Waals surface area contributed by atoms with Gasteiger partial charge in [0.05, 0.1) is 11.7 Å². The van der Waals surface area contributed by atoms with Crippen LogP contribution in [0.1, 0.15) is 33.1 Å². The molecule has 0 fully saturated rings. The van der Waals surface area contributed by atoms with Gasteiger partial charge in [-0.3, -0.25) is 4.79 Å². The van der Waals surface area contributed by atoms with Crippen molar-refractivity contribution in [2.45, 2.75) is 12.5 Å². The number of halogens is 1. The number of rotatable bonds is 5. The lowest BCUT2D eigenvalue weighted by atomic mass is 9.93. The fraction of sp³-hybridized carbons (Fsp3) is 0.129. The molecule has 6 rings (SSSR count). The molecule has 4 aromatic carbocycles. The number of fused-ring (bicyclic) bond motifs is 2. The minimum atomic E-state index is -0.160. The van der Waals surface area contributed by atoms with Crippen LogP contribution in [-0.4, -0.2) is 21.9 Å². The first-order valence-electron chi connectivity index (χ1n) is 11.9. The van der Waals surface area contributed by atoms with Crippen molar-refractivity contribution >= 4 is 28.4 Å².